The van der Waals surface area contributed by atoms with E-state index in [-0.39, 0.29) is 11.8 Å². The molecule has 1 amide bonds. The number of nitrogens with one attached hydrogen (secondary N) is 1. The molecular formula is C18H22N4O4S. The van der Waals surface area contributed by atoms with E-state index in [4.69, 9.17) is 4.74 Å². The van der Waals surface area contributed by atoms with Crippen molar-refractivity contribution < 1.29 is 19.4 Å². The van der Waals surface area contributed by atoms with Gasteiger partial charge in [0.25, 0.3) is 5.91 Å². The van der Waals surface area contributed by atoms with Crippen LogP contribution in [0.5, 0.6) is 5.75 Å². The van der Waals surface area contributed by atoms with Gasteiger partial charge in [-0.25, -0.2) is 9.48 Å². The zero-order chi connectivity index (χ0) is 19.6. The summed E-state index contributed by atoms with van der Waals surface area (Å²) in [5.74, 6) is 0.239. The van der Waals surface area contributed by atoms with Gasteiger partial charge >= 0.3 is 5.97 Å². The summed E-state index contributed by atoms with van der Waals surface area (Å²) in [6, 6.07) is 7.30. The molecule has 0 radical (unpaired) electrons. The molecule has 1 aromatic heterocycles. The maximum Gasteiger partial charge on any atom is 0.330 e. The molecule has 1 atom stereocenters. The number of carbonyl (C=O) groups excluding carboxylic acids is 1. The summed E-state index contributed by atoms with van der Waals surface area (Å²) in [6.07, 6.45) is 0.470. The summed E-state index contributed by atoms with van der Waals surface area (Å²) in [7, 11) is 0. The summed E-state index contributed by atoms with van der Waals surface area (Å²) in [4.78, 5) is 24.3. The second-order valence-electron chi connectivity index (χ2n) is 6.74. The number of benzene rings is 1. The Morgan fingerprint density at radius 3 is 2.59 bits per heavy atom. The molecule has 1 unspecified atom stereocenters. The first-order valence-corrected chi connectivity index (χ1v) is 9.81. The van der Waals surface area contributed by atoms with Gasteiger partial charge in [-0.05, 0) is 57.2 Å². The number of carbonyl (C=O) groups is 2. The molecule has 27 heavy (non-hydrogen) atoms. The van der Waals surface area contributed by atoms with Gasteiger partial charge in [0.1, 0.15) is 11.3 Å². The van der Waals surface area contributed by atoms with Crippen molar-refractivity contribution in [3.8, 4) is 11.4 Å². The number of nitrogens with zero attached hydrogens (tertiary/aromatic N) is 3. The van der Waals surface area contributed by atoms with Crippen molar-refractivity contribution in [1.82, 2.24) is 20.3 Å². The maximum absolute atomic E-state index is 12.6. The minimum Gasteiger partial charge on any atom is -0.491 e. The molecule has 0 spiro atoms. The standard InChI is InChI=1S/C18H22N4O4S/c1-11(2)26-14-6-4-13(5-7-14)22-12(3)15(20-21-22)16(23)19-18(17(24)25)8-9-27-10-18/h4-7,11H,8-10H2,1-3H3,(H,19,23)(H,24,25). The van der Waals surface area contributed by atoms with Gasteiger partial charge in [-0.15, -0.1) is 5.10 Å². The van der Waals surface area contributed by atoms with Crippen molar-refractivity contribution in [1.29, 1.82) is 0 Å². The molecule has 1 saturated heterocycles. The highest BCUT2D eigenvalue weighted by Crippen LogP contribution is 2.29. The van der Waals surface area contributed by atoms with Crippen LogP contribution in [-0.4, -0.2) is 55.1 Å². The average Bonchev–Trinajstić information content (AvgIpc) is 3.23. The third-order valence-corrected chi connectivity index (χ3v) is 5.54. The lowest BCUT2D eigenvalue weighted by molar-refractivity contribution is -0.143. The van der Waals surface area contributed by atoms with Crippen molar-refractivity contribution in [3.63, 3.8) is 0 Å². The first-order chi connectivity index (χ1) is 12.8. The lowest BCUT2D eigenvalue weighted by Gasteiger charge is -2.24. The Morgan fingerprint density at radius 1 is 1.33 bits per heavy atom. The Labute approximate surface area is 161 Å². The Bertz CT molecular complexity index is 842. The number of carboxylic acid groups (broad SMARTS) is 1. The van der Waals surface area contributed by atoms with Crippen molar-refractivity contribution in [2.24, 2.45) is 0 Å². The lowest BCUT2D eigenvalue weighted by Crippen LogP contribution is -2.55. The van der Waals surface area contributed by atoms with Gasteiger partial charge in [-0.3, -0.25) is 4.79 Å². The van der Waals surface area contributed by atoms with Crippen molar-refractivity contribution in [2.45, 2.75) is 38.8 Å². The number of hydrogen-bond acceptors (Lipinski definition) is 6. The number of aliphatic carboxylic acids is 1. The highest BCUT2D eigenvalue weighted by molar-refractivity contribution is 7.99. The van der Waals surface area contributed by atoms with Gasteiger partial charge in [0.05, 0.1) is 17.5 Å². The molecule has 0 saturated carbocycles. The molecule has 9 heteroatoms. The summed E-state index contributed by atoms with van der Waals surface area (Å²) >= 11 is 1.51. The number of aromatic nitrogens is 3. The average molecular weight is 390 g/mol. The summed E-state index contributed by atoms with van der Waals surface area (Å²) in [5, 5.41) is 20.2. The fraction of sp³-hybridized carbons (Fsp3) is 0.444. The van der Waals surface area contributed by atoms with E-state index in [9.17, 15) is 14.7 Å². The van der Waals surface area contributed by atoms with Crippen LogP contribution in [0.1, 0.15) is 36.5 Å². The maximum atomic E-state index is 12.6. The van der Waals surface area contributed by atoms with Crippen molar-refractivity contribution in [3.05, 3.63) is 35.7 Å². The van der Waals surface area contributed by atoms with E-state index in [1.807, 2.05) is 38.1 Å². The molecule has 3 rings (SSSR count). The zero-order valence-electron chi connectivity index (χ0n) is 15.4. The third kappa shape index (κ3) is 3.92. The highest BCUT2D eigenvalue weighted by atomic mass is 32.2. The molecule has 8 nitrogen and oxygen atoms in total. The fourth-order valence-corrected chi connectivity index (χ4v) is 4.21. The van der Waals surface area contributed by atoms with E-state index in [1.54, 1.807) is 11.6 Å². The predicted octanol–water partition coefficient (Wildman–Crippen LogP) is 2.05. The monoisotopic (exact) mass is 390 g/mol. The van der Waals surface area contributed by atoms with E-state index >= 15 is 0 Å². The van der Waals surface area contributed by atoms with Crippen LogP contribution in [0.15, 0.2) is 24.3 Å². The lowest BCUT2D eigenvalue weighted by atomic mass is 9.99. The molecule has 0 bridgehead atoms. The van der Waals surface area contributed by atoms with Crippen molar-refractivity contribution >= 4 is 23.6 Å². The van der Waals surface area contributed by atoms with Crippen LogP contribution >= 0.6 is 11.8 Å². The first-order valence-electron chi connectivity index (χ1n) is 8.65. The van der Waals surface area contributed by atoms with E-state index in [2.05, 4.69) is 15.6 Å². The Hall–Kier alpha value is -2.55. The first kappa shape index (κ1) is 19.2. The molecule has 1 aromatic carbocycles. The molecule has 2 heterocycles. The zero-order valence-corrected chi connectivity index (χ0v) is 16.2. The summed E-state index contributed by atoms with van der Waals surface area (Å²) in [6.45, 7) is 5.63. The van der Waals surface area contributed by atoms with E-state index in [0.717, 1.165) is 11.4 Å². The number of thioether (sulfide) groups is 1. The van der Waals surface area contributed by atoms with Crippen LogP contribution in [0.3, 0.4) is 0 Å². The van der Waals surface area contributed by atoms with Crippen LogP contribution in [0.25, 0.3) is 5.69 Å². The third-order valence-electron chi connectivity index (χ3n) is 4.35. The molecule has 1 fully saturated rings. The minimum absolute atomic E-state index is 0.0783. The van der Waals surface area contributed by atoms with E-state index in [1.165, 1.54) is 11.8 Å². The Kier molecular flexibility index (Phi) is 5.41. The second kappa shape index (κ2) is 7.59. The van der Waals surface area contributed by atoms with Crippen LogP contribution in [0, 0.1) is 6.92 Å². The van der Waals surface area contributed by atoms with Gasteiger partial charge in [0, 0.05) is 5.75 Å². The van der Waals surface area contributed by atoms with Gasteiger partial charge in [-0.1, -0.05) is 5.21 Å². The Balaban J connectivity index is 1.80. The predicted molar refractivity (Wildman–Crippen MR) is 102 cm³/mol. The largest absolute Gasteiger partial charge is 0.491 e. The topological polar surface area (TPSA) is 106 Å². The van der Waals surface area contributed by atoms with Crippen LogP contribution in [0.2, 0.25) is 0 Å². The van der Waals surface area contributed by atoms with Crippen molar-refractivity contribution in [2.75, 3.05) is 11.5 Å². The molecule has 1 aliphatic rings. The second-order valence-corrected chi connectivity index (χ2v) is 7.84. The van der Waals surface area contributed by atoms with E-state index < -0.39 is 17.4 Å². The summed E-state index contributed by atoms with van der Waals surface area (Å²) in [5.41, 5.74) is 0.152. The molecule has 0 aliphatic carbocycles. The van der Waals surface area contributed by atoms with Gasteiger partial charge in [0.15, 0.2) is 5.69 Å². The molecule has 1 aliphatic heterocycles. The van der Waals surface area contributed by atoms with Gasteiger partial charge < -0.3 is 15.2 Å². The quantitative estimate of drug-likeness (QED) is 0.777. The van der Waals surface area contributed by atoms with E-state index in [0.29, 0.717) is 23.6 Å². The molecule has 2 aromatic rings. The van der Waals surface area contributed by atoms with Gasteiger partial charge in [-0.2, -0.15) is 11.8 Å². The number of amides is 1. The molecule has 144 valence electrons. The number of rotatable bonds is 6. The van der Waals surface area contributed by atoms with Gasteiger partial charge in [0.2, 0.25) is 0 Å². The SMILES string of the molecule is Cc1c(C(=O)NC2(C(=O)O)CCSC2)nnn1-c1ccc(OC(C)C)cc1. The smallest absolute Gasteiger partial charge is 0.330 e. The van der Waals surface area contributed by atoms with Crippen LogP contribution in [0.4, 0.5) is 0 Å². The van der Waals surface area contributed by atoms with Crippen LogP contribution in [-0.2, 0) is 4.79 Å². The fourth-order valence-electron chi connectivity index (χ4n) is 2.88. The van der Waals surface area contributed by atoms with Crippen LogP contribution < -0.4 is 10.1 Å². The summed E-state index contributed by atoms with van der Waals surface area (Å²) < 4.78 is 7.17. The number of carboxylic acids is 1. The number of hydrogen-bond donors (Lipinski definition) is 2. The number of ether oxygens (including phenoxy) is 1. The normalized spacial score (nSPS) is 19.3. The molecular weight excluding hydrogens is 368 g/mol. The molecule has 2 N–H and O–H groups in total. The highest BCUT2D eigenvalue weighted by Gasteiger charge is 2.44. The minimum atomic E-state index is -1.24. The Morgan fingerprint density at radius 2 is 2.04 bits per heavy atom.